The summed E-state index contributed by atoms with van der Waals surface area (Å²) in [6.07, 6.45) is -2.11. The molecular weight excluding hydrogens is 637 g/mol. The number of alkyl halides is 3. The van der Waals surface area contributed by atoms with Gasteiger partial charge in [-0.25, -0.2) is 13.8 Å². The molecule has 2 N–H and O–H groups in total. The van der Waals surface area contributed by atoms with Crippen molar-refractivity contribution in [3.05, 3.63) is 113 Å². The van der Waals surface area contributed by atoms with Gasteiger partial charge in [0.05, 0.1) is 40.2 Å². The minimum atomic E-state index is -4.87. The van der Waals surface area contributed by atoms with Gasteiger partial charge in [-0.05, 0) is 79.2 Å². The first kappa shape index (κ1) is 33.1. The molecule has 0 saturated carbocycles. The third kappa shape index (κ3) is 9.09. The summed E-state index contributed by atoms with van der Waals surface area (Å²) in [4.78, 5) is 24.5. The lowest BCUT2D eigenvalue weighted by atomic mass is 10.2. The van der Waals surface area contributed by atoms with Crippen molar-refractivity contribution >= 4 is 45.3 Å². The first-order valence-corrected chi connectivity index (χ1v) is 14.9. The van der Waals surface area contributed by atoms with Crippen molar-refractivity contribution in [1.29, 1.82) is 0 Å². The number of ether oxygens (including phenoxy) is 1. The van der Waals surface area contributed by atoms with Gasteiger partial charge in [0.25, 0.3) is 21.8 Å². The topological polar surface area (TPSA) is 130 Å². The molecule has 0 saturated heterocycles. The summed E-state index contributed by atoms with van der Waals surface area (Å²) in [6, 6.07) is 17.9. The summed E-state index contributed by atoms with van der Waals surface area (Å²) in [5.74, 6) is -0.292. The van der Waals surface area contributed by atoms with Crippen molar-refractivity contribution in [3.63, 3.8) is 0 Å². The number of furan rings is 1. The molecule has 0 unspecified atom stereocenters. The number of benzene rings is 3. The van der Waals surface area contributed by atoms with E-state index in [0.717, 1.165) is 17.7 Å². The number of carbonyl (C=O) groups is 2. The fourth-order valence-corrected chi connectivity index (χ4v) is 5.47. The van der Waals surface area contributed by atoms with Gasteiger partial charge in [0.1, 0.15) is 18.1 Å². The van der Waals surface area contributed by atoms with Crippen LogP contribution in [0.3, 0.4) is 0 Å². The number of hydrazone groups is 1. The summed E-state index contributed by atoms with van der Waals surface area (Å²) in [6.45, 7) is 0.838. The zero-order valence-electron chi connectivity index (χ0n) is 23.5. The van der Waals surface area contributed by atoms with Crippen molar-refractivity contribution in [2.45, 2.75) is 24.5 Å². The van der Waals surface area contributed by atoms with Gasteiger partial charge >= 0.3 is 6.18 Å². The highest BCUT2D eigenvalue weighted by atomic mass is 35.5. The van der Waals surface area contributed by atoms with Crippen LogP contribution in [0.4, 0.5) is 18.9 Å². The van der Waals surface area contributed by atoms with Crippen LogP contribution in [0.5, 0.6) is 5.75 Å². The van der Waals surface area contributed by atoms with E-state index in [-0.39, 0.29) is 24.0 Å². The van der Waals surface area contributed by atoms with E-state index < -0.39 is 44.9 Å². The van der Waals surface area contributed by atoms with Gasteiger partial charge in [0.15, 0.2) is 6.61 Å². The molecule has 4 aromatic rings. The van der Waals surface area contributed by atoms with Crippen molar-refractivity contribution in [1.82, 2.24) is 10.7 Å². The highest BCUT2D eigenvalue weighted by molar-refractivity contribution is 7.92. The highest BCUT2D eigenvalue weighted by Crippen LogP contribution is 2.38. The second kappa shape index (κ2) is 14.3. The van der Waals surface area contributed by atoms with Crippen LogP contribution in [-0.2, 0) is 32.3 Å². The molecule has 1 aromatic heterocycles. The predicted octanol–water partition coefficient (Wildman–Crippen LogP) is 5.30. The van der Waals surface area contributed by atoms with Gasteiger partial charge in [-0.15, -0.1) is 0 Å². The minimum absolute atomic E-state index is 0.222. The number of anilines is 1. The zero-order chi connectivity index (χ0) is 32.6. The molecule has 0 radical (unpaired) electrons. The van der Waals surface area contributed by atoms with E-state index in [2.05, 4.69) is 15.8 Å². The van der Waals surface area contributed by atoms with Gasteiger partial charge in [-0.3, -0.25) is 13.9 Å². The molecule has 0 aliphatic rings. The van der Waals surface area contributed by atoms with Crippen molar-refractivity contribution in [2.75, 3.05) is 17.5 Å². The summed E-state index contributed by atoms with van der Waals surface area (Å²) in [5, 5.41) is 5.84. The zero-order valence-corrected chi connectivity index (χ0v) is 25.1. The molecule has 45 heavy (non-hydrogen) atoms. The second-order valence-electron chi connectivity index (χ2n) is 9.49. The van der Waals surface area contributed by atoms with Crippen LogP contribution in [0.2, 0.25) is 5.02 Å². The lowest BCUT2D eigenvalue weighted by Crippen LogP contribution is -2.39. The van der Waals surface area contributed by atoms with Crippen LogP contribution in [-0.4, -0.2) is 39.6 Å². The number of sulfonamides is 1. The molecule has 1 heterocycles. The SMILES string of the molecule is Cc1ccc(S(=O)(=O)N(CC(=O)N/N=C\c2ccc(OCC(=O)NCc3ccco3)cc2)c2ccc(Cl)c(C(F)(F)F)c2)cc1. The average molecular weight is 663 g/mol. The summed E-state index contributed by atoms with van der Waals surface area (Å²) < 4.78 is 78.7. The summed E-state index contributed by atoms with van der Waals surface area (Å²) in [7, 11) is -4.49. The molecule has 3 aromatic carbocycles. The minimum Gasteiger partial charge on any atom is -0.484 e. The first-order chi connectivity index (χ1) is 21.3. The Labute approximate surface area is 261 Å². The van der Waals surface area contributed by atoms with E-state index >= 15 is 0 Å². The number of halogens is 4. The Morgan fingerprint density at radius 3 is 2.38 bits per heavy atom. The number of aryl methyl sites for hydroxylation is 1. The molecule has 0 aliphatic heterocycles. The first-order valence-electron chi connectivity index (χ1n) is 13.1. The molecule has 15 heteroatoms. The number of nitrogens with zero attached hydrogens (tertiary/aromatic N) is 2. The van der Waals surface area contributed by atoms with Gasteiger partial charge in [0, 0.05) is 0 Å². The normalized spacial score (nSPS) is 11.8. The van der Waals surface area contributed by atoms with Crippen LogP contribution >= 0.6 is 11.6 Å². The van der Waals surface area contributed by atoms with Crippen LogP contribution in [0.1, 0.15) is 22.5 Å². The number of hydrogen-bond donors (Lipinski definition) is 2. The van der Waals surface area contributed by atoms with Gasteiger partial charge in [0.2, 0.25) is 0 Å². The molecule has 0 fully saturated rings. The van der Waals surface area contributed by atoms with Gasteiger partial charge in [-0.2, -0.15) is 18.3 Å². The summed E-state index contributed by atoms with van der Waals surface area (Å²) >= 11 is 5.72. The number of nitrogens with one attached hydrogen (secondary N) is 2. The second-order valence-corrected chi connectivity index (χ2v) is 11.8. The molecule has 236 valence electrons. The largest absolute Gasteiger partial charge is 0.484 e. The molecule has 10 nitrogen and oxygen atoms in total. The Hall–Kier alpha value is -4.82. The Morgan fingerprint density at radius 1 is 1.02 bits per heavy atom. The molecule has 0 spiro atoms. The molecule has 4 rings (SSSR count). The Morgan fingerprint density at radius 2 is 1.73 bits per heavy atom. The fraction of sp³-hybridized carbons (Fsp3) is 0.167. The Kier molecular flexibility index (Phi) is 10.5. The Bertz CT molecular complexity index is 1760. The molecule has 0 bridgehead atoms. The van der Waals surface area contributed by atoms with Crippen molar-refractivity contribution < 1.29 is 40.3 Å². The number of hydrogen-bond acceptors (Lipinski definition) is 7. The van der Waals surface area contributed by atoms with Crippen LogP contribution in [0.15, 0.2) is 99.5 Å². The smallest absolute Gasteiger partial charge is 0.417 e. The van der Waals surface area contributed by atoms with E-state index in [1.54, 1.807) is 43.3 Å². The van der Waals surface area contributed by atoms with E-state index in [0.29, 0.717) is 27.4 Å². The molecular formula is C30H26ClF3N4O6S. The standard InChI is InChI=1S/C30H26ClF3N4O6S/c1-20-4-11-25(12-5-20)45(41,42)38(22-8-13-27(31)26(15-22)30(32,33)34)18-28(39)37-36-16-21-6-9-23(10-7-21)44-19-29(40)35-17-24-3-2-14-43-24/h2-16H,17-19H2,1H3,(H,35,40)(H,37,39)/b36-16-. The predicted molar refractivity (Wildman–Crippen MR) is 160 cm³/mol. The third-order valence-electron chi connectivity index (χ3n) is 6.13. The van der Waals surface area contributed by atoms with Gasteiger partial charge in [-0.1, -0.05) is 29.3 Å². The van der Waals surface area contributed by atoms with Crippen LogP contribution in [0, 0.1) is 6.92 Å². The molecule has 2 amide bonds. The highest BCUT2D eigenvalue weighted by Gasteiger charge is 2.35. The maximum absolute atomic E-state index is 13.5. The average Bonchev–Trinajstić information content (AvgIpc) is 3.52. The monoisotopic (exact) mass is 662 g/mol. The van der Waals surface area contributed by atoms with E-state index in [1.807, 2.05) is 0 Å². The Balaban J connectivity index is 1.41. The maximum atomic E-state index is 13.5. The van der Waals surface area contributed by atoms with Crippen molar-refractivity contribution in [3.8, 4) is 5.75 Å². The number of rotatable bonds is 12. The van der Waals surface area contributed by atoms with Crippen LogP contribution < -0.4 is 19.8 Å². The van der Waals surface area contributed by atoms with Crippen molar-refractivity contribution in [2.24, 2.45) is 5.10 Å². The molecule has 0 atom stereocenters. The summed E-state index contributed by atoms with van der Waals surface area (Å²) in [5.41, 5.74) is 1.78. The number of carbonyl (C=O) groups excluding carboxylic acids is 2. The van der Waals surface area contributed by atoms with E-state index in [1.165, 1.54) is 36.7 Å². The third-order valence-corrected chi connectivity index (χ3v) is 8.25. The van der Waals surface area contributed by atoms with Gasteiger partial charge < -0.3 is 14.5 Å². The van der Waals surface area contributed by atoms with E-state index in [4.69, 9.17) is 20.8 Å². The molecule has 0 aliphatic carbocycles. The maximum Gasteiger partial charge on any atom is 0.417 e. The fourth-order valence-electron chi connectivity index (χ4n) is 3.83. The quantitative estimate of drug-likeness (QED) is 0.156. The lowest BCUT2D eigenvalue weighted by Gasteiger charge is -2.25. The van der Waals surface area contributed by atoms with Crippen LogP contribution in [0.25, 0.3) is 0 Å². The lowest BCUT2D eigenvalue weighted by molar-refractivity contribution is -0.137. The van der Waals surface area contributed by atoms with E-state index in [9.17, 15) is 31.2 Å². The number of amides is 2.